The van der Waals surface area contributed by atoms with Gasteiger partial charge in [0.25, 0.3) is 0 Å². The highest BCUT2D eigenvalue weighted by molar-refractivity contribution is 7.78. The van der Waals surface area contributed by atoms with E-state index in [2.05, 4.69) is 22.4 Å². The Labute approximate surface area is 83.1 Å². The van der Waals surface area contributed by atoms with Crippen molar-refractivity contribution in [2.45, 2.75) is 6.04 Å². The molecule has 0 aliphatic carbocycles. The van der Waals surface area contributed by atoms with E-state index in [9.17, 15) is 0 Å². The van der Waals surface area contributed by atoms with Crippen molar-refractivity contribution in [1.82, 2.24) is 4.90 Å². The normalized spacial score (nSPS) is 20.1. The van der Waals surface area contributed by atoms with Crippen molar-refractivity contribution in [2.75, 3.05) is 19.7 Å². The molecule has 70 valence electrons. The molecule has 1 N–H and O–H groups in total. The van der Waals surface area contributed by atoms with E-state index in [-0.39, 0.29) is 12.6 Å². The molecule has 13 heavy (non-hydrogen) atoms. The van der Waals surface area contributed by atoms with Crippen molar-refractivity contribution in [3.8, 4) is 0 Å². The van der Waals surface area contributed by atoms with Crippen molar-refractivity contribution in [2.24, 2.45) is 4.99 Å². The van der Waals surface area contributed by atoms with Crippen molar-refractivity contribution < 1.29 is 5.11 Å². The van der Waals surface area contributed by atoms with Gasteiger partial charge in [0.2, 0.25) is 0 Å². The molecule has 0 aromatic carbocycles. The van der Waals surface area contributed by atoms with E-state index in [1.54, 1.807) is 0 Å². The summed E-state index contributed by atoms with van der Waals surface area (Å²) in [4.78, 5) is 5.84. The average Bonchev–Trinajstić information content (AvgIpc) is 2.19. The number of aliphatic hydroxyl groups is 1. The Kier molecular flexibility index (Phi) is 4.40. The Morgan fingerprint density at radius 2 is 2.38 bits per heavy atom. The smallest absolute Gasteiger partial charge is 0.0702 e. The van der Waals surface area contributed by atoms with Gasteiger partial charge in [-0.15, -0.1) is 0 Å². The molecule has 1 aliphatic rings. The highest BCUT2D eigenvalue weighted by atomic mass is 32.1. The summed E-state index contributed by atoms with van der Waals surface area (Å²) in [6.45, 7) is 1.51. The third-order valence-electron chi connectivity index (χ3n) is 1.87. The number of isothiocyanates is 1. The minimum absolute atomic E-state index is 0.0744. The lowest BCUT2D eigenvalue weighted by Crippen LogP contribution is -2.35. The fraction of sp³-hybridized carbons (Fsp3) is 0.444. The molecule has 1 atom stereocenters. The molecule has 0 radical (unpaired) electrons. The molecule has 4 heteroatoms. The second-order valence-electron chi connectivity index (χ2n) is 2.69. The summed E-state index contributed by atoms with van der Waals surface area (Å²) < 4.78 is 0. The Bertz CT molecular complexity index is 256. The largest absolute Gasteiger partial charge is 0.394 e. The van der Waals surface area contributed by atoms with Crippen LogP contribution < -0.4 is 0 Å². The molecular formula is C9H12N2OS. The Morgan fingerprint density at radius 1 is 1.54 bits per heavy atom. The number of rotatable bonds is 4. The van der Waals surface area contributed by atoms with Gasteiger partial charge in [0.1, 0.15) is 0 Å². The summed E-state index contributed by atoms with van der Waals surface area (Å²) >= 11 is 4.46. The standard InChI is InChI=1S/C9H12N2OS/c12-7-9-3-1-2-5-11(9)6-4-10-8-13/h1-3,5,9,12H,4,6-7H2. The number of thiocarbonyl (C=S) groups is 1. The molecule has 0 spiro atoms. The van der Waals surface area contributed by atoms with Gasteiger partial charge in [-0.2, -0.15) is 0 Å². The molecule has 0 fully saturated rings. The summed E-state index contributed by atoms with van der Waals surface area (Å²) in [5.74, 6) is 0. The molecule has 0 amide bonds. The summed E-state index contributed by atoms with van der Waals surface area (Å²) in [7, 11) is 0. The van der Waals surface area contributed by atoms with Crippen molar-refractivity contribution >= 4 is 17.4 Å². The zero-order valence-corrected chi connectivity index (χ0v) is 8.07. The van der Waals surface area contributed by atoms with Crippen LogP contribution in [0.5, 0.6) is 0 Å². The predicted molar refractivity (Wildman–Crippen MR) is 55.8 cm³/mol. The van der Waals surface area contributed by atoms with Crippen LogP contribution in [0.15, 0.2) is 29.4 Å². The molecule has 1 aliphatic heterocycles. The second kappa shape index (κ2) is 5.65. The van der Waals surface area contributed by atoms with Crippen LogP contribution in [-0.4, -0.2) is 40.9 Å². The number of allylic oxidation sites excluding steroid dienone is 2. The molecular weight excluding hydrogens is 184 g/mol. The first-order chi connectivity index (χ1) is 6.38. The number of aliphatic hydroxyl groups excluding tert-OH is 1. The maximum Gasteiger partial charge on any atom is 0.0702 e. The van der Waals surface area contributed by atoms with Crippen molar-refractivity contribution in [3.05, 3.63) is 24.4 Å². The third-order valence-corrected chi connectivity index (χ3v) is 2.00. The van der Waals surface area contributed by atoms with E-state index in [4.69, 9.17) is 5.11 Å². The zero-order chi connectivity index (χ0) is 9.52. The van der Waals surface area contributed by atoms with Crippen LogP contribution >= 0.6 is 12.2 Å². The van der Waals surface area contributed by atoms with Gasteiger partial charge < -0.3 is 10.0 Å². The van der Waals surface area contributed by atoms with Crippen LogP contribution in [0.3, 0.4) is 0 Å². The van der Waals surface area contributed by atoms with Gasteiger partial charge in [-0.3, -0.25) is 0 Å². The summed E-state index contributed by atoms with van der Waals surface area (Å²) in [5, 5.41) is 11.3. The summed E-state index contributed by atoms with van der Waals surface area (Å²) in [5.41, 5.74) is 0. The van der Waals surface area contributed by atoms with Crippen LogP contribution in [0.4, 0.5) is 0 Å². The topological polar surface area (TPSA) is 35.8 Å². The minimum Gasteiger partial charge on any atom is -0.394 e. The van der Waals surface area contributed by atoms with E-state index < -0.39 is 0 Å². The van der Waals surface area contributed by atoms with Crippen molar-refractivity contribution in [1.29, 1.82) is 0 Å². The fourth-order valence-corrected chi connectivity index (χ4v) is 1.28. The monoisotopic (exact) mass is 196 g/mol. The second-order valence-corrected chi connectivity index (χ2v) is 2.87. The first-order valence-corrected chi connectivity index (χ1v) is 4.54. The lowest BCUT2D eigenvalue weighted by Gasteiger charge is -2.28. The van der Waals surface area contributed by atoms with Gasteiger partial charge >= 0.3 is 0 Å². The van der Waals surface area contributed by atoms with Gasteiger partial charge in [-0.05, 0) is 24.5 Å². The highest BCUT2D eigenvalue weighted by Gasteiger charge is 2.11. The van der Waals surface area contributed by atoms with Gasteiger partial charge in [-0.1, -0.05) is 12.2 Å². The van der Waals surface area contributed by atoms with E-state index in [1.807, 2.05) is 29.3 Å². The van der Waals surface area contributed by atoms with E-state index >= 15 is 0 Å². The number of hydrogen-bond acceptors (Lipinski definition) is 4. The molecule has 0 saturated carbocycles. The Morgan fingerprint density at radius 3 is 3.08 bits per heavy atom. The fourth-order valence-electron chi connectivity index (χ4n) is 1.19. The van der Waals surface area contributed by atoms with Gasteiger partial charge in [0.05, 0.1) is 24.4 Å². The van der Waals surface area contributed by atoms with E-state index in [1.165, 1.54) is 0 Å². The maximum atomic E-state index is 9.02. The predicted octanol–water partition coefficient (Wildman–Crippen LogP) is 0.836. The molecule has 1 rings (SSSR count). The number of nitrogens with zero attached hydrogens (tertiary/aromatic N) is 2. The zero-order valence-electron chi connectivity index (χ0n) is 7.26. The average molecular weight is 196 g/mol. The first kappa shape index (κ1) is 10.1. The van der Waals surface area contributed by atoms with Gasteiger partial charge in [-0.25, -0.2) is 4.99 Å². The van der Waals surface area contributed by atoms with Gasteiger partial charge in [0, 0.05) is 6.54 Å². The molecule has 0 saturated heterocycles. The lowest BCUT2D eigenvalue weighted by atomic mass is 10.2. The number of aliphatic imine (C=N–C) groups is 1. The van der Waals surface area contributed by atoms with Crippen LogP contribution in [-0.2, 0) is 0 Å². The van der Waals surface area contributed by atoms with Crippen LogP contribution in [0.1, 0.15) is 0 Å². The Hall–Kier alpha value is -0.960. The van der Waals surface area contributed by atoms with Crippen LogP contribution in [0.2, 0.25) is 0 Å². The lowest BCUT2D eigenvalue weighted by molar-refractivity contribution is 0.194. The van der Waals surface area contributed by atoms with E-state index in [0.29, 0.717) is 6.54 Å². The molecule has 0 aromatic heterocycles. The van der Waals surface area contributed by atoms with Crippen molar-refractivity contribution in [3.63, 3.8) is 0 Å². The SMILES string of the molecule is OCC1C=CC=CN1CCN=C=S. The molecule has 0 bridgehead atoms. The maximum absolute atomic E-state index is 9.02. The molecule has 0 aromatic rings. The first-order valence-electron chi connectivity index (χ1n) is 4.13. The van der Waals surface area contributed by atoms with Crippen LogP contribution in [0.25, 0.3) is 0 Å². The summed E-state index contributed by atoms with van der Waals surface area (Å²) in [6.07, 6.45) is 7.77. The van der Waals surface area contributed by atoms with E-state index in [0.717, 1.165) is 6.54 Å². The molecule has 3 nitrogen and oxygen atoms in total. The Balaban J connectivity index is 2.43. The molecule has 1 heterocycles. The van der Waals surface area contributed by atoms with Crippen LogP contribution in [0, 0.1) is 0 Å². The summed E-state index contributed by atoms with van der Waals surface area (Å²) in [6, 6.07) is 0.0744. The molecule has 1 unspecified atom stereocenters. The van der Waals surface area contributed by atoms with Gasteiger partial charge in [0.15, 0.2) is 0 Å². The highest BCUT2D eigenvalue weighted by Crippen LogP contribution is 2.06. The minimum atomic E-state index is 0.0744. The number of hydrogen-bond donors (Lipinski definition) is 1. The quantitative estimate of drug-likeness (QED) is 0.534. The third kappa shape index (κ3) is 3.11.